The Morgan fingerprint density at radius 2 is 2.00 bits per heavy atom. The second-order valence-corrected chi connectivity index (χ2v) is 8.30. The summed E-state index contributed by atoms with van der Waals surface area (Å²) in [6.07, 6.45) is 12.5. The monoisotopic (exact) mass is 357 g/mol. The molecule has 0 unspecified atom stereocenters. The number of nitrogens with zero attached hydrogens (tertiary/aromatic N) is 3. The van der Waals surface area contributed by atoms with E-state index in [9.17, 15) is 4.79 Å². The molecule has 0 atom stereocenters. The van der Waals surface area contributed by atoms with Crippen molar-refractivity contribution in [3.63, 3.8) is 0 Å². The smallest absolute Gasteiger partial charge is 0.255 e. The Morgan fingerprint density at radius 1 is 1.19 bits per heavy atom. The van der Waals surface area contributed by atoms with Gasteiger partial charge in [0.15, 0.2) is 0 Å². The van der Waals surface area contributed by atoms with Crippen LogP contribution in [0.25, 0.3) is 0 Å². The van der Waals surface area contributed by atoms with Crippen LogP contribution in [-0.2, 0) is 4.74 Å². The summed E-state index contributed by atoms with van der Waals surface area (Å²) in [5.41, 5.74) is 0.540. The molecule has 0 bridgehead atoms. The lowest BCUT2D eigenvalue weighted by molar-refractivity contribution is -0.128. The van der Waals surface area contributed by atoms with Crippen LogP contribution >= 0.6 is 0 Å². The van der Waals surface area contributed by atoms with Crippen LogP contribution in [0.2, 0.25) is 0 Å². The maximum atomic E-state index is 12.8. The molecule has 2 saturated heterocycles. The number of carbonyl (C=O) groups excluding carboxylic acids is 1. The molecule has 0 N–H and O–H groups in total. The van der Waals surface area contributed by atoms with Crippen LogP contribution in [0.5, 0.6) is 0 Å². The Balaban J connectivity index is 1.32. The van der Waals surface area contributed by atoms with E-state index < -0.39 is 0 Å². The number of hydrogen-bond acceptors (Lipinski definition) is 4. The average Bonchev–Trinajstić information content (AvgIpc) is 2.71. The van der Waals surface area contributed by atoms with Gasteiger partial charge in [0.05, 0.1) is 24.3 Å². The Morgan fingerprint density at radius 3 is 2.73 bits per heavy atom. The van der Waals surface area contributed by atoms with E-state index >= 15 is 0 Å². The Labute approximate surface area is 156 Å². The van der Waals surface area contributed by atoms with Gasteiger partial charge in [-0.15, -0.1) is 0 Å². The van der Waals surface area contributed by atoms with Crippen molar-refractivity contribution in [1.29, 1.82) is 0 Å². The van der Waals surface area contributed by atoms with E-state index in [2.05, 4.69) is 9.88 Å². The zero-order chi connectivity index (χ0) is 17.8. The van der Waals surface area contributed by atoms with Crippen LogP contribution in [0.3, 0.4) is 0 Å². The van der Waals surface area contributed by atoms with Gasteiger partial charge in [0.25, 0.3) is 5.91 Å². The predicted molar refractivity (Wildman–Crippen MR) is 101 cm³/mol. The van der Waals surface area contributed by atoms with Crippen molar-refractivity contribution in [3.05, 3.63) is 30.1 Å². The first-order valence-electron chi connectivity index (χ1n) is 10.3. The van der Waals surface area contributed by atoms with Crippen LogP contribution < -0.4 is 0 Å². The largest absolute Gasteiger partial charge is 0.371 e. The Bertz CT molecular complexity index is 593. The number of carbonyl (C=O) groups is 1. The first-order valence-corrected chi connectivity index (χ1v) is 10.3. The molecule has 1 saturated carbocycles. The van der Waals surface area contributed by atoms with E-state index in [0.717, 1.165) is 38.4 Å². The topological polar surface area (TPSA) is 45.7 Å². The molecule has 3 aliphatic rings. The van der Waals surface area contributed by atoms with Gasteiger partial charge in [-0.3, -0.25) is 9.78 Å². The lowest BCUT2D eigenvalue weighted by Crippen LogP contribution is -2.58. The normalized spacial score (nSPS) is 24.7. The van der Waals surface area contributed by atoms with Gasteiger partial charge in [0.1, 0.15) is 0 Å². The van der Waals surface area contributed by atoms with E-state index in [1.165, 1.54) is 38.6 Å². The summed E-state index contributed by atoms with van der Waals surface area (Å²) in [5, 5.41) is 0. The molecule has 3 heterocycles. The highest BCUT2D eigenvalue weighted by Gasteiger charge is 2.41. The minimum absolute atomic E-state index is 0.0883. The first-order chi connectivity index (χ1) is 12.7. The van der Waals surface area contributed by atoms with Gasteiger partial charge >= 0.3 is 0 Å². The molecule has 1 spiro atoms. The SMILES string of the molecule is O=C(c1cccnc1)N1CCOC2(CCN(CC3CCCCC3)CC2)C1. The van der Waals surface area contributed by atoms with Crippen LogP contribution in [0.1, 0.15) is 55.3 Å². The fourth-order valence-corrected chi connectivity index (χ4v) is 4.87. The fourth-order valence-electron chi connectivity index (χ4n) is 4.87. The molecule has 4 rings (SSSR count). The van der Waals surface area contributed by atoms with Gasteiger partial charge in [-0.25, -0.2) is 0 Å². The summed E-state index contributed by atoms with van der Waals surface area (Å²) in [6.45, 7) is 5.51. The van der Waals surface area contributed by atoms with Crippen molar-refractivity contribution in [2.45, 2.75) is 50.5 Å². The molecule has 1 aromatic heterocycles. The zero-order valence-corrected chi connectivity index (χ0v) is 15.7. The number of ether oxygens (including phenoxy) is 1. The second kappa shape index (κ2) is 8.05. The standard InChI is InChI=1S/C21H31N3O2/c25-20(19-7-4-10-22-15-19)24-13-14-26-21(17-24)8-11-23(12-9-21)16-18-5-2-1-3-6-18/h4,7,10,15,18H,1-3,5-6,8-9,11-14,16-17H2. The molecule has 0 aromatic carbocycles. The molecule has 5 heteroatoms. The number of amides is 1. The molecule has 142 valence electrons. The molecule has 1 aromatic rings. The van der Waals surface area contributed by atoms with Crippen molar-refractivity contribution in [2.75, 3.05) is 39.3 Å². The summed E-state index contributed by atoms with van der Waals surface area (Å²) < 4.78 is 6.22. The molecular weight excluding hydrogens is 326 g/mol. The summed E-state index contributed by atoms with van der Waals surface area (Å²) in [4.78, 5) is 21.5. The van der Waals surface area contributed by atoms with Crippen LogP contribution in [0, 0.1) is 5.92 Å². The highest BCUT2D eigenvalue weighted by molar-refractivity contribution is 5.94. The molecule has 5 nitrogen and oxygen atoms in total. The number of morpholine rings is 1. The number of rotatable bonds is 3. The van der Waals surface area contributed by atoms with E-state index in [4.69, 9.17) is 4.74 Å². The van der Waals surface area contributed by atoms with Gasteiger partial charge in [0.2, 0.25) is 0 Å². The van der Waals surface area contributed by atoms with Gasteiger partial charge in [-0.2, -0.15) is 0 Å². The number of likely N-dealkylation sites (tertiary alicyclic amines) is 1. The number of pyridine rings is 1. The third-order valence-electron chi connectivity index (χ3n) is 6.45. The van der Waals surface area contributed by atoms with Crippen molar-refractivity contribution in [2.24, 2.45) is 5.92 Å². The van der Waals surface area contributed by atoms with Crippen LogP contribution in [0.4, 0.5) is 0 Å². The molecule has 1 aliphatic carbocycles. The van der Waals surface area contributed by atoms with E-state index in [0.29, 0.717) is 18.7 Å². The lowest BCUT2D eigenvalue weighted by Gasteiger charge is -2.47. The summed E-state index contributed by atoms with van der Waals surface area (Å²) in [6, 6.07) is 3.68. The van der Waals surface area contributed by atoms with Crippen molar-refractivity contribution >= 4 is 5.91 Å². The second-order valence-electron chi connectivity index (χ2n) is 8.30. The highest BCUT2D eigenvalue weighted by atomic mass is 16.5. The number of piperidine rings is 1. The van der Waals surface area contributed by atoms with E-state index in [1.54, 1.807) is 12.4 Å². The van der Waals surface area contributed by atoms with E-state index in [-0.39, 0.29) is 11.5 Å². The number of aromatic nitrogens is 1. The van der Waals surface area contributed by atoms with Gasteiger partial charge < -0.3 is 14.5 Å². The predicted octanol–water partition coefficient (Wildman–Crippen LogP) is 2.97. The quantitative estimate of drug-likeness (QED) is 0.834. The zero-order valence-electron chi connectivity index (χ0n) is 15.7. The minimum atomic E-state index is -0.140. The van der Waals surface area contributed by atoms with Crippen molar-refractivity contribution in [1.82, 2.24) is 14.8 Å². The fraction of sp³-hybridized carbons (Fsp3) is 0.714. The van der Waals surface area contributed by atoms with E-state index in [1.807, 2.05) is 17.0 Å². The summed E-state index contributed by atoms with van der Waals surface area (Å²) in [7, 11) is 0. The van der Waals surface area contributed by atoms with Crippen LogP contribution in [-0.4, -0.2) is 65.6 Å². The molecule has 2 aliphatic heterocycles. The van der Waals surface area contributed by atoms with Crippen LogP contribution in [0.15, 0.2) is 24.5 Å². The first kappa shape index (κ1) is 17.9. The molecule has 3 fully saturated rings. The van der Waals surface area contributed by atoms with Crippen molar-refractivity contribution in [3.8, 4) is 0 Å². The van der Waals surface area contributed by atoms with Gasteiger partial charge in [0, 0.05) is 38.6 Å². The highest BCUT2D eigenvalue weighted by Crippen LogP contribution is 2.32. The summed E-state index contributed by atoms with van der Waals surface area (Å²) in [5.74, 6) is 0.985. The molecule has 0 radical (unpaired) electrons. The van der Waals surface area contributed by atoms with Gasteiger partial charge in [-0.05, 0) is 43.7 Å². The average molecular weight is 357 g/mol. The molecule has 1 amide bonds. The third-order valence-corrected chi connectivity index (χ3v) is 6.45. The lowest BCUT2D eigenvalue weighted by atomic mass is 9.86. The Kier molecular flexibility index (Phi) is 5.55. The maximum absolute atomic E-state index is 12.8. The maximum Gasteiger partial charge on any atom is 0.255 e. The Hall–Kier alpha value is -1.46. The minimum Gasteiger partial charge on any atom is -0.371 e. The van der Waals surface area contributed by atoms with Crippen molar-refractivity contribution < 1.29 is 9.53 Å². The third kappa shape index (κ3) is 4.09. The molecular formula is C21H31N3O2. The summed E-state index contributed by atoms with van der Waals surface area (Å²) >= 11 is 0. The van der Waals surface area contributed by atoms with Gasteiger partial charge in [-0.1, -0.05) is 19.3 Å². The number of hydrogen-bond donors (Lipinski definition) is 0. The molecule has 26 heavy (non-hydrogen) atoms.